The maximum Gasteiger partial charge on any atom is 0.0697 e. The summed E-state index contributed by atoms with van der Waals surface area (Å²) in [6, 6.07) is 0. The molecule has 0 bridgehead atoms. The van der Waals surface area contributed by atoms with Crippen LogP contribution in [0.25, 0.3) is 0 Å². The summed E-state index contributed by atoms with van der Waals surface area (Å²) in [6.45, 7) is 4.89. The van der Waals surface area contributed by atoms with Gasteiger partial charge in [0.15, 0.2) is 0 Å². The first kappa shape index (κ1) is 12.4. The van der Waals surface area contributed by atoms with E-state index in [1.807, 2.05) is 6.92 Å². The summed E-state index contributed by atoms with van der Waals surface area (Å²) in [5.74, 6) is 1.59. The standard InChI is InChI=1S/C14H26O2/c1-13(10-16-3)8-11-6-4-5-7-12(11)9-14(13,2)15/h11-12,15H,4-10H2,1-3H3/t11-,12-,13-,14-/m1/s1. The maximum absolute atomic E-state index is 10.7. The third-order valence-corrected chi connectivity index (χ3v) is 5.20. The third-order valence-electron chi connectivity index (χ3n) is 5.20. The van der Waals surface area contributed by atoms with E-state index >= 15 is 0 Å². The number of methoxy groups -OCH3 is 1. The van der Waals surface area contributed by atoms with E-state index in [1.54, 1.807) is 7.11 Å². The molecule has 0 spiro atoms. The second kappa shape index (κ2) is 4.30. The van der Waals surface area contributed by atoms with Crippen molar-refractivity contribution in [3.8, 4) is 0 Å². The lowest BCUT2D eigenvalue weighted by molar-refractivity contribution is -0.155. The van der Waals surface area contributed by atoms with Gasteiger partial charge in [0, 0.05) is 12.5 Å². The summed E-state index contributed by atoms with van der Waals surface area (Å²) in [5, 5.41) is 10.7. The molecule has 0 unspecified atom stereocenters. The lowest BCUT2D eigenvalue weighted by atomic mass is 9.55. The molecule has 2 nitrogen and oxygen atoms in total. The third kappa shape index (κ3) is 2.02. The largest absolute Gasteiger partial charge is 0.390 e. The van der Waals surface area contributed by atoms with Crippen molar-refractivity contribution in [3.63, 3.8) is 0 Å². The van der Waals surface area contributed by atoms with Gasteiger partial charge in [-0.25, -0.2) is 0 Å². The fourth-order valence-electron chi connectivity index (χ4n) is 3.91. The number of hydrogen-bond donors (Lipinski definition) is 1. The molecule has 1 N–H and O–H groups in total. The number of aliphatic hydroxyl groups is 1. The van der Waals surface area contributed by atoms with Gasteiger partial charge in [-0.2, -0.15) is 0 Å². The molecule has 0 radical (unpaired) electrons. The van der Waals surface area contributed by atoms with Crippen LogP contribution in [0.3, 0.4) is 0 Å². The van der Waals surface area contributed by atoms with E-state index < -0.39 is 5.60 Å². The predicted octanol–water partition coefficient (Wildman–Crippen LogP) is 2.99. The quantitative estimate of drug-likeness (QED) is 0.784. The Morgan fingerprint density at radius 2 is 1.69 bits per heavy atom. The van der Waals surface area contributed by atoms with Gasteiger partial charge < -0.3 is 9.84 Å². The summed E-state index contributed by atoms with van der Waals surface area (Å²) in [5.41, 5.74) is -0.609. The van der Waals surface area contributed by atoms with E-state index in [1.165, 1.54) is 25.7 Å². The van der Waals surface area contributed by atoms with Crippen molar-refractivity contribution < 1.29 is 9.84 Å². The highest BCUT2D eigenvalue weighted by molar-refractivity contribution is 5.02. The van der Waals surface area contributed by atoms with E-state index in [9.17, 15) is 5.11 Å². The Labute approximate surface area is 99.4 Å². The molecule has 2 rings (SSSR count). The van der Waals surface area contributed by atoms with Crippen molar-refractivity contribution in [3.05, 3.63) is 0 Å². The van der Waals surface area contributed by atoms with Gasteiger partial charge in [-0.3, -0.25) is 0 Å². The molecule has 0 saturated heterocycles. The van der Waals surface area contributed by atoms with Crippen LogP contribution in [0.2, 0.25) is 0 Å². The van der Waals surface area contributed by atoms with E-state index in [2.05, 4.69) is 6.92 Å². The van der Waals surface area contributed by atoms with Crippen LogP contribution >= 0.6 is 0 Å². The highest BCUT2D eigenvalue weighted by Crippen LogP contribution is 2.52. The molecule has 94 valence electrons. The van der Waals surface area contributed by atoms with Crippen molar-refractivity contribution in [1.29, 1.82) is 0 Å². The minimum absolute atomic E-state index is 0.0553. The summed E-state index contributed by atoms with van der Waals surface area (Å²) >= 11 is 0. The number of ether oxygens (including phenoxy) is 1. The van der Waals surface area contributed by atoms with Crippen LogP contribution in [-0.4, -0.2) is 24.4 Å². The van der Waals surface area contributed by atoms with Crippen LogP contribution in [0, 0.1) is 17.3 Å². The van der Waals surface area contributed by atoms with E-state index in [-0.39, 0.29) is 5.41 Å². The molecule has 0 aromatic carbocycles. The molecule has 2 aliphatic carbocycles. The zero-order valence-electron chi connectivity index (χ0n) is 11.0. The molecular weight excluding hydrogens is 200 g/mol. The van der Waals surface area contributed by atoms with Gasteiger partial charge in [0.25, 0.3) is 0 Å². The van der Waals surface area contributed by atoms with Crippen LogP contribution in [0.4, 0.5) is 0 Å². The molecule has 0 aliphatic heterocycles. The fraction of sp³-hybridized carbons (Fsp3) is 1.00. The molecule has 0 aromatic heterocycles. The number of fused-ring (bicyclic) bond motifs is 1. The average molecular weight is 226 g/mol. The Balaban J connectivity index is 2.14. The molecule has 0 amide bonds. The Morgan fingerprint density at radius 3 is 2.25 bits per heavy atom. The van der Waals surface area contributed by atoms with Gasteiger partial charge in [0.1, 0.15) is 0 Å². The van der Waals surface area contributed by atoms with Crippen molar-refractivity contribution in [2.24, 2.45) is 17.3 Å². The predicted molar refractivity (Wildman–Crippen MR) is 65.3 cm³/mol. The van der Waals surface area contributed by atoms with Crippen LogP contribution in [0.1, 0.15) is 52.4 Å². The van der Waals surface area contributed by atoms with Gasteiger partial charge in [0.2, 0.25) is 0 Å². The molecule has 2 fully saturated rings. The molecule has 0 heterocycles. The van der Waals surface area contributed by atoms with E-state index in [4.69, 9.17) is 4.74 Å². The van der Waals surface area contributed by atoms with Gasteiger partial charge >= 0.3 is 0 Å². The molecule has 2 heteroatoms. The Morgan fingerprint density at radius 1 is 1.12 bits per heavy atom. The lowest BCUT2D eigenvalue weighted by Gasteiger charge is -2.53. The minimum atomic E-state index is -0.554. The monoisotopic (exact) mass is 226 g/mol. The smallest absolute Gasteiger partial charge is 0.0697 e. The second-order valence-electron chi connectivity index (χ2n) is 6.48. The second-order valence-corrected chi connectivity index (χ2v) is 6.48. The summed E-state index contributed by atoms with van der Waals surface area (Å²) in [6.07, 6.45) is 7.53. The van der Waals surface area contributed by atoms with Crippen LogP contribution < -0.4 is 0 Å². The van der Waals surface area contributed by atoms with Gasteiger partial charge in [-0.1, -0.05) is 32.6 Å². The molecule has 16 heavy (non-hydrogen) atoms. The van der Waals surface area contributed by atoms with E-state index in [0.29, 0.717) is 6.61 Å². The average Bonchev–Trinajstić information content (AvgIpc) is 2.19. The maximum atomic E-state index is 10.7. The Kier molecular flexibility index (Phi) is 3.33. The molecule has 0 aromatic rings. The molecule has 2 saturated carbocycles. The van der Waals surface area contributed by atoms with Gasteiger partial charge in [-0.15, -0.1) is 0 Å². The first-order valence-electron chi connectivity index (χ1n) is 6.70. The zero-order chi connectivity index (χ0) is 11.8. The molecular formula is C14H26O2. The summed E-state index contributed by atoms with van der Waals surface area (Å²) in [4.78, 5) is 0. The Bertz CT molecular complexity index is 249. The first-order chi connectivity index (χ1) is 7.48. The van der Waals surface area contributed by atoms with Crippen molar-refractivity contribution in [2.75, 3.05) is 13.7 Å². The van der Waals surface area contributed by atoms with Gasteiger partial charge in [0.05, 0.1) is 12.2 Å². The number of hydrogen-bond acceptors (Lipinski definition) is 2. The molecule has 4 atom stereocenters. The Hall–Kier alpha value is -0.0800. The zero-order valence-corrected chi connectivity index (χ0v) is 11.0. The van der Waals surface area contributed by atoms with Crippen molar-refractivity contribution in [1.82, 2.24) is 0 Å². The topological polar surface area (TPSA) is 29.5 Å². The lowest BCUT2D eigenvalue weighted by Crippen LogP contribution is -2.54. The number of rotatable bonds is 2. The highest BCUT2D eigenvalue weighted by Gasteiger charge is 2.51. The first-order valence-corrected chi connectivity index (χ1v) is 6.70. The summed E-state index contributed by atoms with van der Waals surface area (Å²) in [7, 11) is 1.74. The fourth-order valence-corrected chi connectivity index (χ4v) is 3.91. The summed E-state index contributed by atoms with van der Waals surface area (Å²) < 4.78 is 5.34. The van der Waals surface area contributed by atoms with Crippen LogP contribution in [0.5, 0.6) is 0 Å². The molecule has 2 aliphatic rings. The highest BCUT2D eigenvalue weighted by atomic mass is 16.5. The van der Waals surface area contributed by atoms with Crippen LogP contribution in [0.15, 0.2) is 0 Å². The van der Waals surface area contributed by atoms with Crippen molar-refractivity contribution in [2.45, 2.75) is 58.0 Å². The van der Waals surface area contributed by atoms with Gasteiger partial charge in [-0.05, 0) is 31.6 Å². The van der Waals surface area contributed by atoms with Crippen LogP contribution in [-0.2, 0) is 4.74 Å². The normalized spacial score (nSPS) is 48.8. The van der Waals surface area contributed by atoms with E-state index in [0.717, 1.165) is 24.7 Å². The van der Waals surface area contributed by atoms with Crippen molar-refractivity contribution >= 4 is 0 Å². The SMILES string of the molecule is COC[C@@]1(C)C[C@H]2CCCC[C@@H]2C[C@@]1(C)O. The minimum Gasteiger partial charge on any atom is -0.390 e.